The van der Waals surface area contributed by atoms with Crippen molar-refractivity contribution in [3.8, 4) is 23.1 Å². The van der Waals surface area contributed by atoms with Crippen molar-refractivity contribution in [2.75, 3.05) is 14.2 Å². The van der Waals surface area contributed by atoms with Crippen molar-refractivity contribution in [1.29, 1.82) is 0 Å². The van der Waals surface area contributed by atoms with Crippen LogP contribution in [0.5, 0.6) is 11.9 Å². The van der Waals surface area contributed by atoms with Gasteiger partial charge in [0.25, 0.3) is 0 Å². The second-order valence-electron chi connectivity index (χ2n) is 6.00. The Morgan fingerprint density at radius 2 is 2.09 bits per heavy atom. The lowest BCUT2D eigenvalue weighted by Gasteiger charge is -2.09. The molecule has 0 bridgehead atoms. The molecule has 2 heterocycles. The minimum absolute atomic E-state index is 0.195. The first-order valence-electron chi connectivity index (χ1n) is 8.12. The summed E-state index contributed by atoms with van der Waals surface area (Å²) in [5.74, 6) is 2.04. The van der Waals surface area contributed by atoms with Crippen molar-refractivity contribution in [1.82, 2.24) is 20.2 Å². The van der Waals surface area contributed by atoms with Crippen molar-refractivity contribution >= 4 is 11.6 Å². The van der Waals surface area contributed by atoms with E-state index in [1.54, 1.807) is 0 Å². The predicted octanol–water partition coefficient (Wildman–Crippen LogP) is 3.12. The van der Waals surface area contributed by atoms with E-state index in [0.717, 1.165) is 17.9 Å². The van der Waals surface area contributed by atoms with E-state index in [9.17, 15) is 0 Å². The molecular formula is C16H17ClN4O2. The maximum Gasteiger partial charge on any atom is 0.319 e. The van der Waals surface area contributed by atoms with Gasteiger partial charge in [-0.25, -0.2) is 4.98 Å². The van der Waals surface area contributed by atoms with Crippen molar-refractivity contribution in [2.24, 2.45) is 11.8 Å². The molecule has 2 aromatic rings. The number of methoxy groups -OCH3 is 2. The van der Waals surface area contributed by atoms with Gasteiger partial charge in [0.05, 0.1) is 21.2 Å². The molecule has 0 aliphatic heterocycles. The third-order valence-electron chi connectivity index (χ3n) is 4.51. The first-order valence-corrected chi connectivity index (χ1v) is 7.99. The van der Waals surface area contributed by atoms with E-state index in [4.69, 9.17) is 22.4 Å². The van der Waals surface area contributed by atoms with Gasteiger partial charge in [-0.1, -0.05) is 11.6 Å². The number of halogens is 1. The van der Waals surface area contributed by atoms with Gasteiger partial charge >= 0.3 is 6.01 Å². The van der Waals surface area contributed by atoms with E-state index in [1.165, 1.54) is 33.3 Å². The van der Waals surface area contributed by atoms with Gasteiger partial charge in [0.15, 0.2) is 5.15 Å². The van der Waals surface area contributed by atoms with Crippen LogP contribution in [-0.2, 0) is 0 Å². The molecule has 6 nitrogen and oxygen atoms in total. The van der Waals surface area contributed by atoms with Gasteiger partial charge in [-0.05, 0) is 48.6 Å². The summed E-state index contributed by atoms with van der Waals surface area (Å²) in [7, 11) is 2.98. The summed E-state index contributed by atoms with van der Waals surface area (Å²) in [6, 6.07) is 0.482. The van der Waals surface area contributed by atoms with Gasteiger partial charge in [-0.15, -0.1) is 10.2 Å². The fourth-order valence-corrected chi connectivity index (χ4v) is 3.30. The van der Waals surface area contributed by atoms with Crippen LogP contribution in [0.15, 0.2) is 12.2 Å². The highest BCUT2D eigenvalue weighted by Gasteiger charge is 2.49. The first-order chi connectivity index (χ1) is 11.6. The van der Waals surface area contributed by atoms with Crippen LogP contribution in [0.1, 0.15) is 32.1 Å². The summed E-state index contributed by atoms with van der Waals surface area (Å²) >= 11 is 6.26. The molecule has 2 fully saturated rings. The van der Waals surface area contributed by atoms with Crippen LogP contribution in [0.2, 0.25) is 5.15 Å². The Balaban J connectivity index is 1.76. The molecule has 0 saturated heterocycles. The molecule has 2 saturated carbocycles. The normalized spacial score (nSPS) is 23.3. The predicted molar refractivity (Wildman–Crippen MR) is 84.7 cm³/mol. The lowest BCUT2D eigenvalue weighted by molar-refractivity contribution is 0.353. The van der Waals surface area contributed by atoms with Crippen LogP contribution in [0.3, 0.4) is 0 Å². The molecule has 2 aromatic heterocycles. The average Bonchev–Trinajstić information content (AvgIpc) is 3.47. The number of hydrogen-bond donors (Lipinski definition) is 0. The van der Waals surface area contributed by atoms with Crippen molar-refractivity contribution in [3.05, 3.63) is 23.0 Å². The molecule has 0 amide bonds. The van der Waals surface area contributed by atoms with Gasteiger partial charge in [0.1, 0.15) is 5.69 Å². The molecule has 23 heavy (non-hydrogen) atoms. The van der Waals surface area contributed by atoms with Gasteiger partial charge in [0.2, 0.25) is 5.88 Å². The zero-order valence-corrected chi connectivity index (χ0v) is 13.7. The number of aromatic nitrogens is 4. The van der Waals surface area contributed by atoms with Crippen LogP contribution >= 0.6 is 11.6 Å². The molecule has 0 N–H and O–H groups in total. The smallest absolute Gasteiger partial charge is 0.319 e. The summed E-state index contributed by atoms with van der Waals surface area (Å²) < 4.78 is 18.9. The fraction of sp³-hybridized carbons (Fsp3) is 0.500. The molecule has 0 spiro atoms. The van der Waals surface area contributed by atoms with E-state index in [2.05, 4.69) is 20.2 Å². The number of nitrogens with zero attached hydrogens (tertiary/aromatic N) is 4. The van der Waals surface area contributed by atoms with Crippen LogP contribution in [0, 0.1) is 11.8 Å². The molecule has 0 aromatic carbocycles. The first kappa shape index (κ1) is 13.5. The maximum absolute atomic E-state index is 8.59. The lowest BCUT2D eigenvalue weighted by atomic mass is 10.1. The maximum atomic E-state index is 8.59. The Kier molecular flexibility index (Phi) is 3.28. The Bertz CT molecular complexity index is 800. The van der Waals surface area contributed by atoms with Crippen molar-refractivity contribution < 1.29 is 10.8 Å². The van der Waals surface area contributed by atoms with E-state index in [-0.39, 0.29) is 12.1 Å². The minimum Gasteiger partial charge on any atom is -0.480 e. The standard InChI is InChI=1S/C16H17ClN4O2/c1-22-15-12(7-18-16(19-15)23-2)13-6-11(14(17)21-20-13)10-5-9(10)8-3-4-8/h6-10H,3-5H2,1-2H3/i6D. The average molecular weight is 334 g/mol. The molecule has 7 heteroatoms. The highest BCUT2D eigenvalue weighted by atomic mass is 35.5. The summed E-state index contributed by atoms with van der Waals surface area (Å²) in [6.45, 7) is 0. The number of ether oxygens (including phenoxy) is 2. The molecule has 2 aliphatic rings. The molecule has 2 unspecified atom stereocenters. The largest absolute Gasteiger partial charge is 0.480 e. The quantitative estimate of drug-likeness (QED) is 0.837. The van der Waals surface area contributed by atoms with Crippen molar-refractivity contribution in [3.63, 3.8) is 0 Å². The zero-order chi connectivity index (χ0) is 16.8. The van der Waals surface area contributed by atoms with Crippen LogP contribution in [0.4, 0.5) is 0 Å². The molecular weight excluding hydrogens is 316 g/mol. The Hall–Kier alpha value is -1.95. The summed E-state index contributed by atoms with van der Waals surface area (Å²) in [5, 5.41) is 8.49. The van der Waals surface area contributed by atoms with Gasteiger partial charge in [-0.2, -0.15) is 4.98 Å². The van der Waals surface area contributed by atoms with E-state index >= 15 is 0 Å². The van der Waals surface area contributed by atoms with E-state index < -0.39 is 0 Å². The van der Waals surface area contributed by atoms with Crippen LogP contribution < -0.4 is 9.47 Å². The van der Waals surface area contributed by atoms with Gasteiger partial charge in [0, 0.05) is 6.20 Å². The number of rotatable bonds is 5. The topological polar surface area (TPSA) is 70.0 Å². The number of hydrogen-bond acceptors (Lipinski definition) is 6. The molecule has 4 rings (SSSR count). The Morgan fingerprint density at radius 3 is 2.78 bits per heavy atom. The zero-order valence-electron chi connectivity index (χ0n) is 13.9. The summed E-state index contributed by atoms with van der Waals surface area (Å²) in [6.07, 6.45) is 5.20. The van der Waals surface area contributed by atoms with Crippen LogP contribution in [-0.4, -0.2) is 34.4 Å². The molecule has 120 valence electrons. The van der Waals surface area contributed by atoms with E-state index in [1.807, 2.05) is 0 Å². The summed E-state index contributed by atoms with van der Waals surface area (Å²) in [4.78, 5) is 8.24. The molecule has 0 radical (unpaired) electrons. The highest BCUT2D eigenvalue weighted by Crippen LogP contribution is 2.60. The second-order valence-corrected chi connectivity index (χ2v) is 6.36. The monoisotopic (exact) mass is 333 g/mol. The van der Waals surface area contributed by atoms with Crippen molar-refractivity contribution in [2.45, 2.75) is 25.2 Å². The van der Waals surface area contributed by atoms with Gasteiger partial charge in [-0.3, -0.25) is 0 Å². The second kappa shape index (κ2) is 5.60. The molecule has 2 aliphatic carbocycles. The fourth-order valence-electron chi connectivity index (χ4n) is 3.08. The lowest BCUT2D eigenvalue weighted by Crippen LogP contribution is -2.00. The minimum atomic E-state index is 0.195. The third-order valence-corrected chi connectivity index (χ3v) is 4.79. The highest BCUT2D eigenvalue weighted by molar-refractivity contribution is 6.30. The molecule has 2 atom stereocenters. The summed E-state index contributed by atoms with van der Waals surface area (Å²) in [5.41, 5.74) is 1.68. The van der Waals surface area contributed by atoms with Gasteiger partial charge < -0.3 is 9.47 Å². The Morgan fingerprint density at radius 1 is 1.26 bits per heavy atom. The van der Waals surface area contributed by atoms with E-state index in [0.29, 0.717) is 34.1 Å². The third kappa shape index (κ3) is 2.72. The Labute approximate surface area is 140 Å². The SMILES string of the molecule is [2H]c1c(-c2cnc(OC)nc2OC)nnc(Cl)c1C1CC1C1CC1. The van der Waals surface area contributed by atoms with Crippen LogP contribution in [0.25, 0.3) is 11.3 Å².